The molecule has 1 unspecified atom stereocenters. The molecular formula is C20H31N3O. The number of nitrogens with zero attached hydrogens (tertiary/aromatic N) is 1. The van der Waals surface area contributed by atoms with Crippen molar-refractivity contribution in [3.8, 4) is 0 Å². The van der Waals surface area contributed by atoms with Crippen LogP contribution in [0.1, 0.15) is 44.2 Å². The van der Waals surface area contributed by atoms with Gasteiger partial charge in [0.1, 0.15) is 0 Å². The van der Waals surface area contributed by atoms with E-state index in [0.717, 1.165) is 45.6 Å². The number of hydrogen-bond donors (Lipinski definition) is 2. The van der Waals surface area contributed by atoms with E-state index in [1.165, 1.54) is 17.5 Å². The van der Waals surface area contributed by atoms with Crippen molar-refractivity contribution in [2.24, 2.45) is 5.92 Å². The van der Waals surface area contributed by atoms with E-state index in [9.17, 15) is 4.79 Å². The second-order valence-corrected chi connectivity index (χ2v) is 7.93. The minimum Gasteiger partial charge on any atom is -0.354 e. The van der Waals surface area contributed by atoms with Gasteiger partial charge in [-0.15, -0.1) is 0 Å². The third-order valence-electron chi connectivity index (χ3n) is 5.65. The largest absolute Gasteiger partial charge is 0.354 e. The Morgan fingerprint density at radius 2 is 2.12 bits per heavy atom. The summed E-state index contributed by atoms with van der Waals surface area (Å²) in [5.41, 5.74) is 2.88. The molecule has 3 rings (SSSR count). The maximum absolute atomic E-state index is 12.2. The molecule has 0 spiro atoms. The number of benzene rings is 1. The molecule has 0 aliphatic carbocycles. The molecule has 24 heavy (non-hydrogen) atoms. The lowest BCUT2D eigenvalue weighted by atomic mass is 9.94. The number of amides is 1. The fraction of sp³-hybridized carbons (Fsp3) is 0.650. The fourth-order valence-corrected chi connectivity index (χ4v) is 3.82. The van der Waals surface area contributed by atoms with Gasteiger partial charge in [-0.1, -0.05) is 24.3 Å². The van der Waals surface area contributed by atoms with Crippen LogP contribution in [0.3, 0.4) is 0 Å². The van der Waals surface area contributed by atoms with Crippen LogP contribution in [-0.2, 0) is 17.8 Å². The van der Waals surface area contributed by atoms with E-state index in [0.29, 0.717) is 12.3 Å². The van der Waals surface area contributed by atoms with Gasteiger partial charge in [0.2, 0.25) is 5.91 Å². The lowest BCUT2D eigenvalue weighted by Gasteiger charge is -2.41. The maximum Gasteiger partial charge on any atom is 0.220 e. The summed E-state index contributed by atoms with van der Waals surface area (Å²) in [7, 11) is 0. The van der Waals surface area contributed by atoms with Crippen LogP contribution in [0.5, 0.6) is 0 Å². The lowest BCUT2D eigenvalue weighted by Crippen LogP contribution is -2.53. The van der Waals surface area contributed by atoms with Crippen LogP contribution in [-0.4, -0.2) is 42.5 Å². The average Bonchev–Trinajstić information content (AvgIpc) is 3.11. The molecule has 2 aliphatic heterocycles. The van der Waals surface area contributed by atoms with Crippen LogP contribution in [0.4, 0.5) is 0 Å². The van der Waals surface area contributed by atoms with Crippen molar-refractivity contribution in [1.29, 1.82) is 0 Å². The molecule has 4 heteroatoms. The molecule has 1 aromatic rings. The number of hydrogen-bond acceptors (Lipinski definition) is 3. The van der Waals surface area contributed by atoms with Crippen LogP contribution < -0.4 is 10.6 Å². The van der Waals surface area contributed by atoms with Crippen LogP contribution in [0.2, 0.25) is 0 Å². The van der Waals surface area contributed by atoms with Crippen molar-refractivity contribution < 1.29 is 4.79 Å². The summed E-state index contributed by atoms with van der Waals surface area (Å²) in [4.78, 5) is 14.7. The van der Waals surface area contributed by atoms with Crippen LogP contribution in [0, 0.1) is 5.92 Å². The molecule has 1 aromatic carbocycles. The SMILES string of the molecule is CC(C)(CNC(=O)CCC1CCNC1)N1CCc2ccccc2C1. The van der Waals surface area contributed by atoms with E-state index in [-0.39, 0.29) is 11.4 Å². The van der Waals surface area contributed by atoms with Crippen LogP contribution in [0.15, 0.2) is 24.3 Å². The average molecular weight is 329 g/mol. The maximum atomic E-state index is 12.2. The molecule has 0 saturated carbocycles. The van der Waals surface area contributed by atoms with Gasteiger partial charge in [0, 0.05) is 31.6 Å². The third kappa shape index (κ3) is 4.37. The molecule has 1 fully saturated rings. The first-order valence-corrected chi connectivity index (χ1v) is 9.34. The van der Waals surface area contributed by atoms with Crippen molar-refractivity contribution in [1.82, 2.24) is 15.5 Å². The van der Waals surface area contributed by atoms with Gasteiger partial charge in [0.25, 0.3) is 0 Å². The molecule has 4 nitrogen and oxygen atoms in total. The smallest absolute Gasteiger partial charge is 0.220 e. The van der Waals surface area contributed by atoms with Crippen molar-refractivity contribution in [2.45, 2.75) is 51.6 Å². The Labute approximate surface area is 146 Å². The first kappa shape index (κ1) is 17.4. The molecule has 0 aromatic heterocycles. The molecule has 0 bridgehead atoms. The number of nitrogens with one attached hydrogen (secondary N) is 2. The fourth-order valence-electron chi connectivity index (χ4n) is 3.82. The monoisotopic (exact) mass is 329 g/mol. The zero-order chi connectivity index (χ0) is 17.0. The van der Waals surface area contributed by atoms with Gasteiger partial charge >= 0.3 is 0 Å². The van der Waals surface area contributed by atoms with E-state index < -0.39 is 0 Å². The molecule has 2 heterocycles. The molecule has 2 N–H and O–H groups in total. The molecule has 1 atom stereocenters. The van der Waals surface area contributed by atoms with Gasteiger partial charge < -0.3 is 10.6 Å². The molecular weight excluding hydrogens is 298 g/mol. The minimum atomic E-state index is -0.0158. The molecule has 1 saturated heterocycles. The summed E-state index contributed by atoms with van der Waals surface area (Å²) in [6.45, 7) is 9.42. The van der Waals surface area contributed by atoms with Gasteiger partial charge in [-0.25, -0.2) is 0 Å². The Kier molecular flexibility index (Phi) is 5.57. The first-order valence-electron chi connectivity index (χ1n) is 9.34. The summed E-state index contributed by atoms with van der Waals surface area (Å²) >= 11 is 0. The van der Waals surface area contributed by atoms with E-state index in [2.05, 4.69) is 53.6 Å². The highest BCUT2D eigenvalue weighted by atomic mass is 16.1. The van der Waals surface area contributed by atoms with Gasteiger partial charge in [-0.05, 0) is 63.2 Å². The third-order valence-corrected chi connectivity index (χ3v) is 5.65. The predicted octanol–water partition coefficient (Wildman–Crippen LogP) is 2.33. The van der Waals surface area contributed by atoms with E-state index in [1.807, 2.05) is 0 Å². The predicted molar refractivity (Wildman–Crippen MR) is 97.9 cm³/mol. The number of carbonyl (C=O) groups is 1. The Morgan fingerprint density at radius 3 is 2.88 bits per heavy atom. The topological polar surface area (TPSA) is 44.4 Å². The summed E-state index contributed by atoms with van der Waals surface area (Å²) < 4.78 is 0. The normalized spacial score (nSPS) is 21.5. The zero-order valence-electron chi connectivity index (χ0n) is 15.1. The van der Waals surface area contributed by atoms with Gasteiger partial charge in [-0.3, -0.25) is 9.69 Å². The second kappa shape index (κ2) is 7.66. The number of fused-ring (bicyclic) bond motifs is 1. The van der Waals surface area contributed by atoms with Gasteiger partial charge in [0.05, 0.1) is 0 Å². The second-order valence-electron chi connectivity index (χ2n) is 7.93. The van der Waals surface area contributed by atoms with Crippen molar-refractivity contribution >= 4 is 5.91 Å². The van der Waals surface area contributed by atoms with Crippen LogP contribution >= 0.6 is 0 Å². The molecule has 0 radical (unpaired) electrons. The van der Waals surface area contributed by atoms with Gasteiger partial charge in [0.15, 0.2) is 0 Å². The molecule has 1 amide bonds. The number of rotatable bonds is 6. The van der Waals surface area contributed by atoms with Gasteiger partial charge in [-0.2, -0.15) is 0 Å². The summed E-state index contributed by atoms with van der Waals surface area (Å²) in [6, 6.07) is 8.71. The molecule has 132 valence electrons. The van der Waals surface area contributed by atoms with Crippen LogP contribution in [0.25, 0.3) is 0 Å². The Bertz CT molecular complexity index is 564. The van der Waals surface area contributed by atoms with Crippen molar-refractivity contribution in [3.05, 3.63) is 35.4 Å². The quantitative estimate of drug-likeness (QED) is 0.842. The van der Waals surface area contributed by atoms with Crippen molar-refractivity contribution in [2.75, 3.05) is 26.2 Å². The Balaban J connectivity index is 1.46. The lowest BCUT2D eigenvalue weighted by molar-refractivity contribution is -0.122. The Hall–Kier alpha value is -1.39. The van der Waals surface area contributed by atoms with E-state index in [4.69, 9.17) is 0 Å². The summed E-state index contributed by atoms with van der Waals surface area (Å²) in [5, 5.41) is 6.53. The number of carbonyl (C=O) groups excluding carboxylic acids is 1. The van der Waals surface area contributed by atoms with E-state index in [1.54, 1.807) is 0 Å². The van der Waals surface area contributed by atoms with Crippen molar-refractivity contribution in [3.63, 3.8) is 0 Å². The Morgan fingerprint density at radius 1 is 1.33 bits per heavy atom. The van der Waals surface area contributed by atoms with E-state index >= 15 is 0 Å². The molecule has 2 aliphatic rings. The standard InChI is InChI=1S/C20H31N3O/c1-20(2,15-22-19(24)8-7-16-9-11-21-13-16)23-12-10-17-5-3-4-6-18(17)14-23/h3-6,16,21H,7-15H2,1-2H3,(H,22,24). The zero-order valence-corrected chi connectivity index (χ0v) is 15.1. The first-order chi connectivity index (χ1) is 11.5. The summed E-state index contributed by atoms with van der Waals surface area (Å²) in [5.74, 6) is 0.884. The highest BCUT2D eigenvalue weighted by Crippen LogP contribution is 2.25. The summed E-state index contributed by atoms with van der Waals surface area (Å²) in [6.07, 6.45) is 3.98. The highest BCUT2D eigenvalue weighted by molar-refractivity contribution is 5.75. The minimum absolute atomic E-state index is 0.0158. The highest BCUT2D eigenvalue weighted by Gasteiger charge is 2.30.